The molecule has 3 rings (SSSR count). The molecule has 0 bridgehead atoms. The van der Waals surface area contributed by atoms with Gasteiger partial charge in [-0.1, -0.05) is 18.9 Å². The molecule has 2 N–H and O–H groups in total. The van der Waals surface area contributed by atoms with Gasteiger partial charge >= 0.3 is 0 Å². The number of carbonyl (C=O) groups is 1. The smallest absolute Gasteiger partial charge is 0.253 e. The molecule has 1 heterocycles. The minimum Gasteiger partial charge on any atom is -0.486 e. The van der Waals surface area contributed by atoms with E-state index < -0.39 is 6.10 Å². The van der Waals surface area contributed by atoms with Crippen molar-refractivity contribution in [3.8, 4) is 11.5 Å². The molecule has 108 valence electrons. The number of fused-ring (bicyclic) bond motifs is 1. The van der Waals surface area contributed by atoms with Crippen LogP contribution in [0.4, 0.5) is 0 Å². The standard InChI is InChI=1S/C15H19NO4/c17-14(15(18)16-11-3-1-2-4-11)10-5-6-12-13(9-10)20-8-7-19-12/h5-6,9,11,14,17H,1-4,7-8H2,(H,16,18). The Morgan fingerprint density at radius 2 is 1.90 bits per heavy atom. The van der Waals surface area contributed by atoms with Gasteiger partial charge in [0, 0.05) is 6.04 Å². The van der Waals surface area contributed by atoms with E-state index in [9.17, 15) is 9.90 Å². The molecular formula is C15H19NO4. The van der Waals surface area contributed by atoms with E-state index in [1.54, 1.807) is 18.2 Å². The summed E-state index contributed by atoms with van der Waals surface area (Å²) >= 11 is 0. The van der Waals surface area contributed by atoms with E-state index >= 15 is 0 Å². The lowest BCUT2D eigenvalue weighted by molar-refractivity contribution is -0.130. The second-order valence-corrected chi connectivity index (χ2v) is 5.30. The van der Waals surface area contributed by atoms with Crippen molar-refractivity contribution in [2.24, 2.45) is 0 Å². The first-order valence-corrected chi connectivity index (χ1v) is 7.12. The van der Waals surface area contributed by atoms with E-state index in [4.69, 9.17) is 9.47 Å². The summed E-state index contributed by atoms with van der Waals surface area (Å²) in [5.41, 5.74) is 0.532. The third-order valence-corrected chi connectivity index (χ3v) is 3.83. The van der Waals surface area contributed by atoms with Crippen LogP contribution in [0.1, 0.15) is 37.4 Å². The quantitative estimate of drug-likeness (QED) is 0.879. The van der Waals surface area contributed by atoms with Gasteiger partial charge in [-0.05, 0) is 30.5 Å². The van der Waals surface area contributed by atoms with Crippen molar-refractivity contribution in [3.63, 3.8) is 0 Å². The number of ether oxygens (including phenoxy) is 2. The largest absolute Gasteiger partial charge is 0.486 e. The van der Waals surface area contributed by atoms with Gasteiger partial charge in [-0.15, -0.1) is 0 Å². The third kappa shape index (κ3) is 2.72. The Hall–Kier alpha value is -1.75. The number of carbonyl (C=O) groups excluding carboxylic acids is 1. The number of amides is 1. The van der Waals surface area contributed by atoms with Gasteiger partial charge in [-0.25, -0.2) is 0 Å². The van der Waals surface area contributed by atoms with Crippen LogP contribution in [-0.2, 0) is 4.79 Å². The summed E-state index contributed by atoms with van der Waals surface area (Å²) in [6, 6.07) is 5.31. The van der Waals surface area contributed by atoms with Crippen LogP contribution in [0.15, 0.2) is 18.2 Å². The molecule has 1 atom stereocenters. The number of aliphatic hydroxyl groups excluding tert-OH is 1. The number of nitrogens with one attached hydrogen (secondary N) is 1. The fourth-order valence-electron chi connectivity index (χ4n) is 2.73. The van der Waals surface area contributed by atoms with Crippen LogP contribution < -0.4 is 14.8 Å². The van der Waals surface area contributed by atoms with Crippen LogP contribution in [0.3, 0.4) is 0 Å². The van der Waals surface area contributed by atoms with E-state index in [1.807, 2.05) is 0 Å². The summed E-state index contributed by atoms with van der Waals surface area (Å²) in [5.74, 6) is 0.901. The average molecular weight is 277 g/mol. The van der Waals surface area contributed by atoms with Crippen molar-refractivity contribution < 1.29 is 19.4 Å². The summed E-state index contributed by atoms with van der Waals surface area (Å²) in [6.45, 7) is 1.01. The summed E-state index contributed by atoms with van der Waals surface area (Å²) in [4.78, 5) is 12.0. The minimum atomic E-state index is -1.16. The number of hydrogen-bond donors (Lipinski definition) is 2. The van der Waals surface area contributed by atoms with Gasteiger partial charge in [0.05, 0.1) is 0 Å². The van der Waals surface area contributed by atoms with Crippen molar-refractivity contribution in [2.45, 2.75) is 37.8 Å². The van der Waals surface area contributed by atoms with Crippen molar-refractivity contribution in [1.82, 2.24) is 5.32 Å². The lowest BCUT2D eigenvalue weighted by Crippen LogP contribution is -2.36. The monoisotopic (exact) mass is 277 g/mol. The zero-order valence-electron chi connectivity index (χ0n) is 11.3. The van der Waals surface area contributed by atoms with Gasteiger partial charge in [-0.2, -0.15) is 0 Å². The van der Waals surface area contributed by atoms with Crippen LogP contribution >= 0.6 is 0 Å². The second-order valence-electron chi connectivity index (χ2n) is 5.30. The van der Waals surface area contributed by atoms with Crippen LogP contribution in [-0.4, -0.2) is 30.3 Å². The Balaban J connectivity index is 1.69. The molecule has 0 radical (unpaired) electrons. The highest BCUT2D eigenvalue weighted by Gasteiger charge is 2.24. The predicted molar refractivity (Wildman–Crippen MR) is 72.8 cm³/mol. The molecule has 0 aromatic heterocycles. The number of aliphatic hydroxyl groups is 1. The van der Waals surface area contributed by atoms with Gasteiger partial charge in [0.2, 0.25) is 0 Å². The molecule has 1 aliphatic carbocycles. The lowest BCUT2D eigenvalue weighted by atomic mass is 10.1. The Labute approximate surface area is 117 Å². The van der Waals surface area contributed by atoms with E-state index in [0.29, 0.717) is 30.3 Å². The minimum absolute atomic E-state index is 0.203. The number of rotatable bonds is 3. The lowest BCUT2D eigenvalue weighted by Gasteiger charge is -2.20. The first-order valence-electron chi connectivity index (χ1n) is 7.12. The highest BCUT2D eigenvalue weighted by atomic mass is 16.6. The second kappa shape index (κ2) is 5.71. The highest BCUT2D eigenvalue weighted by Crippen LogP contribution is 2.32. The molecule has 2 aliphatic rings. The van der Waals surface area contributed by atoms with Crippen LogP contribution in [0.5, 0.6) is 11.5 Å². The van der Waals surface area contributed by atoms with Crippen LogP contribution in [0.25, 0.3) is 0 Å². The predicted octanol–water partition coefficient (Wildman–Crippen LogP) is 1.55. The van der Waals surface area contributed by atoms with Crippen molar-refractivity contribution >= 4 is 5.91 Å². The molecule has 0 saturated heterocycles. The molecule has 1 aliphatic heterocycles. The zero-order valence-corrected chi connectivity index (χ0v) is 11.3. The maximum atomic E-state index is 12.0. The first kappa shape index (κ1) is 13.2. The van der Waals surface area contributed by atoms with Gasteiger partial charge in [0.1, 0.15) is 13.2 Å². The van der Waals surface area contributed by atoms with Gasteiger partial charge in [0.15, 0.2) is 17.6 Å². The van der Waals surface area contributed by atoms with Crippen molar-refractivity contribution in [3.05, 3.63) is 23.8 Å². The molecule has 1 amide bonds. The maximum Gasteiger partial charge on any atom is 0.253 e. The molecule has 1 unspecified atom stereocenters. The Kier molecular flexibility index (Phi) is 3.78. The van der Waals surface area contributed by atoms with Gasteiger partial charge < -0.3 is 19.9 Å². The van der Waals surface area contributed by atoms with Crippen LogP contribution in [0, 0.1) is 0 Å². The number of hydrogen-bond acceptors (Lipinski definition) is 4. The molecule has 5 nitrogen and oxygen atoms in total. The summed E-state index contributed by atoms with van der Waals surface area (Å²) in [5, 5.41) is 13.0. The van der Waals surface area contributed by atoms with Gasteiger partial charge in [-0.3, -0.25) is 4.79 Å². The molecule has 1 fully saturated rings. The SMILES string of the molecule is O=C(NC1CCCC1)C(O)c1ccc2c(c1)OCCO2. The molecule has 20 heavy (non-hydrogen) atoms. The third-order valence-electron chi connectivity index (χ3n) is 3.83. The molecule has 1 aromatic rings. The Morgan fingerprint density at radius 3 is 2.65 bits per heavy atom. The first-order chi connectivity index (χ1) is 9.74. The Bertz CT molecular complexity index is 497. The number of benzene rings is 1. The van der Waals surface area contributed by atoms with E-state index in [2.05, 4.69) is 5.32 Å². The van der Waals surface area contributed by atoms with Gasteiger partial charge in [0.25, 0.3) is 5.91 Å². The molecule has 1 aromatic carbocycles. The highest BCUT2D eigenvalue weighted by molar-refractivity contribution is 5.82. The normalized spacial score (nSPS) is 19.6. The van der Waals surface area contributed by atoms with E-state index in [-0.39, 0.29) is 11.9 Å². The summed E-state index contributed by atoms with van der Waals surface area (Å²) in [7, 11) is 0. The van der Waals surface area contributed by atoms with Crippen molar-refractivity contribution in [2.75, 3.05) is 13.2 Å². The summed E-state index contributed by atoms with van der Waals surface area (Å²) in [6.07, 6.45) is 3.13. The molecular weight excluding hydrogens is 258 g/mol. The Morgan fingerprint density at radius 1 is 1.20 bits per heavy atom. The average Bonchev–Trinajstić information content (AvgIpc) is 2.99. The fraction of sp³-hybridized carbons (Fsp3) is 0.533. The van der Waals surface area contributed by atoms with Crippen molar-refractivity contribution in [1.29, 1.82) is 0 Å². The maximum absolute atomic E-state index is 12.0. The molecule has 1 saturated carbocycles. The zero-order chi connectivity index (χ0) is 13.9. The fourth-order valence-corrected chi connectivity index (χ4v) is 2.73. The molecule has 5 heteroatoms. The van der Waals surface area contributed by atoms with Crippen LogP contribution in [0.2, 0.25) is 0 Å². The topological polar surface area (TPSA) is 67.8 Å². The molecule has 0 spiro atoms. The van der Waals surface area contributed by atoms with E-state index in [1.165, 1.54) is 0 Å². The van der Waals surface area contributed by atoms with E-state index in [0.717, 1.165) is 25.7 Å². The summed E-state index contributed by atoms with van der Waals surface area (Å²) < 4.78 is 10.9.